The van der Waals surface area contributed by atoms with Crippen molar-refractivity contribution in [3.8, 4) is 5.88 Å². The predicted octanol–water partition coefficient (Wildman–Crippen LogP) is -0.835. The molecule has 1 aromatic heterocycles. The highest BCUT2D eigenvalue weighted by molar-refractivity contribution is 7.89. The summed E-state index contributed by atoms with van der Waals surface area (Å²) in [5.41, 5.74) is 1.08. The fourth-order valence-electron chi connectivity index (χ4n) is 2.28. The highest BCUT2D eigenvalue weighted by Crippen LogP contribution is 2.14. The van der Waals surface area contributed by atoms with Crippen LogP contribution < -0.4 is 20.5 Å². The van der Waals surface area contributed by atoms with Crippen molar-refractivity contribution in [2.75, 3.05) is 20.2 Å². The van der Waals surface area contributed by atoms with Crippen LogP contribution in [-0.4, -0.2) is 50.2 Å². The van der Waals surface area contributed by atoms with Crippen LogP contribution in [0.1, 0.15) is 15.9 Å². The number of methoxy groups -OCH3 is 1. The van der Waals surface area contributed by atoms with Gasteiger partial charge in [0.25, 0.3) is 5.91 Å². The molecule has 1 aromatic carbocycles. The van der Waals surface area contributed by atoms with E-state index in [4.69, 9.17) is 9.88 Å². The minimum Gasteiger partial charge on any atom is -0.479 e. The molecule has 2 amide bonds. The molecule has 0 aliphatic heterocycles. The van der Waals surface area contributed by atoms with Crippen LogP contribution in [0.4, 0.5) is 0 Å². The third-order valence-electron chi connectivity index (χ3n) is 3.63. The van der Waals surface area contributed by atoms with Crippen molar-refractivity contribution in [1.82, 2.24) is 20.4 Å². The molecule has 1 heterocycles. The van der Waals surface area contributed by atoms with Gasteiger partial charge in [0.2, 0.25) is 21.8 Å². The van der Waals surface area contributed by atoms with Crippen molar-refractivity contribution < 1.29 is 22.7 Å². The first-order valence-electron chi connectivity index (χ1n) is 7.95. The van der Waals surface area contributed by atoms with Gasteiger partial charge in [0.1, 0.15) is 5.56 Å². The van der Waals surface area contributed by atoms with Gasteiger partial charge in [-0.3, -0.25) is 14.3 Å². The molecule has 0 saturated heterocycles. The number of aromatic nitrogens is 2. The monoisotopic (exact) mass is 395 g/mol. The summed E-state index contributed by atoms with van der Waals surface area (Å²) in [6, 6.07) is 6.08. The molecule has 0 spiro atoms. The summed E-state index contributed by atoms with van der Waals surface area (Å²) in [5, 5.41) is 14.2. The van der Waals surface area contributed by atoms with E-state index in [1.54, 1.807) is 19.2 Å². The number of hydrogen-bond acceptors (Lipinski definition) is 6. The van der Waals surface area contributed by atoms with E-state index >= 15 is 0 Å². The Morgan fingerprint density at radius 1 is 1.22 bits per heavy atom. The largest absolute Gasteiger partial charge is 0.479 e. The maximum atomic E-state index is 12.1. The number of nitrogens with two attached hydrogens (primary N) is 1. The Morgan fingerprint density at radius 2 is 1.89 bits per heavy atom. The Kier molecular flexibility index (Phi) is 6.53. The molecule has 11 heteroatoms. The first-order chi connectivity index (χ1) is 12.7. The maximum absolute atomic E-state index is 12.1. The zero-order valence-electron chi connectivity index (χ0n) is 14.9. The Morgan fingerprint density at radius 3 is 2.48 bits per heavy atom. The normalized spacial score (nSPS) is 11.1. The molecule has 0 aliphatic rings. The summed E-state index contributed by atoms with van der Waals surface area (Å²) in [5.74, 6) is -0.639. The van der Waals surface area contributed by atoms with Crippen LogP contribution in [0.25, 0.3) is 0 Å². The van der Waals surface area contributed by atoms with E-state index in [9.17, 15) is 18.0 Å². The summed E-state index contributed by atoms with van der Waals surface area (Å²) in [7, 11) is -0.662. The van der Waals surface area contributed by atoms with E-state index in [1.165, 1.54) is 30.1 Å². The fraction of sp³-hybridized carbons (Fsp3) is 0.312. The van der Waals surface area contributed by atoms with Crippen molar-refractivity contribution in [3.63, 3.8) is 0 Å². The molecule has 2 aromatic rings. The summed E-state index contributed by atoms with van der Waals surface area (Å²) in [4.78, 5) is 23.9. The lowest BCUT2D eigenvalue weighted by Gasteiger charge is -2.07. The van der Waals surface area contributed by atoms with Gasteiger partial charge in [-0.2, -0.15) is 0 Å². The van der Waals surface area contributed by atoms with Crippen molar-refractivity contribution in [3.05, 3.63) is 41.6 Å². The minimum atomic E-state index is -3.72. The number of aryl methyl sites for hydroxylation is 1. The Bertz CT molecular complexity index is 921. The molecule has 27 heavy (non-hydrogen) atoms. The second-order valence-corrected chi connectivity index (χ2v) is 7.26. The fourth-order valence-corrected chi connectivity index (χ4v) is 2.80. The highest BCUT2D eigenvalue weighted by atomic mass is 32.2. The van der Waals surface area contributed by atoms with Gasteiger partial charge in [0, 0.05) is 19.8 Å². The summed E-state index contributed by atoms with van der Waals surface area (Å²) >= 11 is 0. The quantitative estimate of drug-likeness (QED) is 0.532. The lowest BCUT2D eigenvalue weighted by molar-refractivity contribution is -0.120. The number of nitrogens with zero attached hydrogens (tertiary/aromatic N) is 2. The number of rotatable bonds is 8. The van der Waals surface area contributed by atoms with E-state index < -0.39 is 15.9 Å². The molecule has 0 radical (unpaired) electrons. The first kappa shape index (κ1) is 20.4. The zero-order valence-corrected chi connectivity index (χ0v) is 15.7. The van der Waals surface area contributed by atoms with Gasteiger partial charge in [0.05, 0.1) is 18.6 Å². The summed E-state index contributed by atoms with van der Waals surface area (Å²) < 4.78 is 28.8. The number of amides is 2. The number of ether oxygens (including phenoxy) is 1. The standard InChI is InChI=1S/C16H21N5O5S/c1-21-10-13(16(20-21)26-2)15(23)19-9-14(22)18-8-7-11-3-5-12(6-4-11)27(17,24)25/h3-6,10H,7-9H2,1-2H3,(H,18,22)(H,19,23)(H2,17,24,25). The molecular weight excluding hydrogens is 374 g/mol. The van der Waals surface area contributed by atoms with Gasteiger partial charge in [-0.05, 0) is 24.1 Å². The maximum Gasteiger partial charge on any atom is 0.258 e. The lowest BCUT2D eigenvalue weighted by atomic mass is 10.1. The Hall–Kier alpha value is -2.92. The van der Waals surface area contributed by atoms with Gasteiger partial charge in [-0.1, -0.05) is 12.1 Å². The number of nitrogens with one attached hydrogen (secondary N) is 2. The number of sulfonamides is 1. The third-order valence-corrected chi connectivity index (χ3v) is 4.56. The molecule has 10 nitrogen and oxygen atoms in total. The van der Waals surface area contributed by atoms with Crippen molar-refractivity contribution in [1.29, 1.82) is 0 Å². The number of primary sulfonamides is 1. The summed E-state index contributed by atoms with van der Waals surface area (Å²) in [6.45, 7) is 0.140. The van der Waals surface area contributed by atoms with Crippen molar-refractivity contribution in [2.24, 2.45) is 12.2 Å². The molecule has 0 unspecified atom stereocenters. The molecule has 0 aliphatic carbocycles. The average molecular weight is 395 g/mol. The molecular formula is C16H21N5O5S. The average Bonchev–Trinajstić information content (AvgIpc) is 3.00. The topological polar surface area (TPSA) is 145 Å². The number of benzene rings is 1. The van der Waals surface area contributed by atoms with Crippen LogP contribution in [0.2, 0.25) is 0 Å². The van der Waals surface area contributed by atoms with Gasteiger partial charge >= 0.3 is 0 Å². The molecule has 0 atom stereocenters. The Labute approximate surface area is 156 Å². The van der Waals surface area contributed by atoms with E-state index in [-0.39, 0.29) is 28.8 Å². The van der Waals surface area contributed by atoms with E-state index in [0.29, 0.717) is 13.0 Å². The van der Waals surface area contributed by atoms with E-state index in [2.05, 4.69) is 15.7 Å². The van der Waals surface area contributed by atoms with Gasteiger partial charge in [-0.25, -0.2) is 13.6 Å². The lowest BCUT2D eigenvalue weighted by Crippen LogP contribution is -2.37. The zero-order chi connectivity index (χ0) is 20.0. The second-order valence-electron chi connectivity index (χ2n) is 5.70. The molecule has 146 valence electrons. The predicted molar refractivity (Wildman–Crippen MR) is 96.6 cm³/mol. The van der Waals surface area contributed by atoms with Crippen LogP contribution >= 0.6 is 0 Å². The highest BCUT2D eigenvalue weighted by Gasteiger charge is 2.16. The first-order valence-corrected chi connectivity index (χ1v) is 9.49. The molecule has 2 rings (SSSR count). The van der Waals surface area contributed by atoms with Crippen molar-refractivity contribution in [2.45, 2.75) is 11.3 Å². The molecule has 0 bridgehead atoms. The van der Waals surface area contributed by atoms with Crippen LogP contribution in [0.15, 0.2) is 35.4 Å². The number of carbonyl (C=O) groups is 2. The smallest absolute Gasteiger partial charge is 0.258 e. The van der Waals surface area contributed by atoms with Crippen molar-refractivity contribution >= 4 is 21.8 Å². The van der Waals surface area contributed by atoms with Gasteiger partial charge in [0.15, 0.2) is 0 Å². The minimum absolute atomic E-state index is 0.0313. The van der Waals surface area contributed by atoms with Gasteiger partial charge in [-0.15, -0.1) is 5.10 Å². The summed E-state index contributed by atoms with van der Waals surface area (Å²) in [6.07, 6.45) is 2.00. The van der Waals surface area contributed by atoms with Crippen LogP contribution in [0.5, 0.6) is 5.88 Å². The molecule has 0 saturated carbocycles. The number of hydrogen-bond donors (Lipinski definition) is 3. The second kappa shape index (κ2) is 8.64. The third kappa shape index (κ3) is 5.79. The van der Waals surface area contributed by atoms with Crippen LogP contribution in [-0.2, 0) is 28.3 Å². The molecule has 0 fully saturated rings. The SMILES string of the molecule is COc1nn(C)cc1C(=O)NCC(=O)NCCc1ccc(S(N)(=O)=O)cc1. The van der Waals surface area contributed by atoms with Crippen LogP contribution in [0, 0.1) is 0 Å². The van der Waals surface area contributed by atoms with E-state index in [1.807, 2.05) is 0 Å². The molecule has 4 N–H and O–H groups in total. The van der Waals surface area contributed by atoms with E-state index in [0.717, 1.165) is 5.56 Å². The Balaban J connectivity index is 1.77. The number of carbonyl (C=O) groups excluding carboxylic acids is 2. The van der Waals surface area contributed by atoms with Gasteiger partial charge < -0.3 is 15.4 Å². The van der Waals surface area contributed by atoms with Crippen LogP contribution in [0.3, 0.4) is 0 Å².